The van der Waals surface area contributed by atoms with Gasteiger partial charge in [-0.05, 0) is 24.4 Å². The zero-order chi connectivity index (χ0) is 13.8. The zero-order valence-corrected chi connectivity index (χ0v) is 9.77. The summed E-state index contributed by atoms with van der Waals surface area (Å²) in [6.07, 6.45) is -4.48. The van der Waals surface area contributed by atoms with Crippen molar-refractivity contribution in [3.05, 3.63) is 29.8 Å². The SMILES string of the molecule is NC(N)=NNC(=S)Nc1ccccc1C(F)(F)F. The molecule has 1 aromatic carbocycles. The Balaban J connectivity index is 2.85. The number of anilines is 1. The molecule has 0 bridgehead atoms. The number of guanidine groups is 1. The van der Waals surface area contributed by atoms with Gasteiger partial charge in [-0.15, -0.1) is 5.10 Å². The van der Waals surface area contributed by atoms with Crippen LogP contribution in [0.2, 0.25) is 0 Å². The smallest absolute Gasteiger partial charge is 0.369 e. The minimum atomic E-state index is -4.48. The summed E-state index contributed by atoms with van der Waals surface area (Å²) in [6.45, 7) is 0. The molecule has 0 heterocycles. The summed E-state index contributed by atoms with van der Waals surface area (Å²) in [7, 11) is 0. The molecule has 18 heavy (non-hydrogen) atoms. The van der Waals surface area contributed by atoms with E-state index in [1.165, 1.54) is 18.2 Å². The van der Waals surface area contributed by atoms with Gasteiger partial charge in [0, 0.05) is 0 Å². The van der Waals surface area contributed by atoms with Gasteiger partial charge >= 0.3 is 6.18 Å². The minimum absolute atomic E-state index is 0.153. The van der Waals surface area contributed by atoms with Crippen LogP contribution in [0.15, 0.2) is 29.4 Å². The first-order chi connectivity index (χ1) is 8.30. The van der Waals surface area contributed by atoms with Crippen LogP contribution in [0.25, 0.3) is 0 Å². The standard InChI is InChI=1S/C9H10F3N5S/c10-9(11,12)5-3-1-2-4-6(5)15-8(18)17-16-7(13)14/h1-4H,(H4,13,14,16)(H2,15,17,18). The average molecular weight is 277 g/mol. The van der Waals surface area contributed by atoms with Crippen molar-refractivity contribution in [3.63, 3.8) is 0 Å². The van der Waals surface area contributed by atoms with Gasteiger partial charge in [-0.3, -0.25) is 5.43 Å². The molecule has 0 saturated heterocycles. The molecule has 0 aliphatic carbocycles. The summed E-state index contributed by atoms with van der Waals surface area (Å²) in [4.78, 5) is 0. The van der Waals surface area contributed by atoms with Crippen molar-refractivity contribution < 1.29 is 13.2 Å². The molecule has 9 heteroatoms. The lowest BCUT2D eigenvalue weighted by atomic mass is 10.2. The molecule has 0 aliphatic rings. The lowest BCUT2D eigenvalue weighted by Crippen LogP contribution is -2.31. The van der Waals surface area contributed by atoms with Crippen molar-refractivity contribution >= 4 is 29.0 Å². The fraction of sp³-hybridized carbons (Fsp3) is 0.111. The van der Waals surface area contributed by atoms with Crippen molar-refractivity contribution in [2.45, 2.75) is 6.18 Å². The van der Waals surface area contributed by atoms with E-state index < -0.39 is 11.7 Å². The van der Waals surface area contributed by atoms with Crippen molar-refractivity contribution in [1.29, 1.82) is 0 Å². The molecule has 0 radical (unpaired) electrons. The predicted molar refractivity (Wildman–Crippen MR) is 66.6 cm³/mol. The van der Waals surface area contributed by atoms with E-state index >= 15 is 0 Å². The number of hydrogen-bond donors (Lipinski definition) is 4. The van der Waals surface area contributed by atoms with Crippen LogP contribution >= 0.6 is 12.2 Å². The first-order valence-corrected chi connectivity index (χ1v) is 5.03. The number of alkyl halides is 3. The van der Waals surface area contributed by atoms with Gasteiger partial charge in [0.05, 0.1) is 11.3 Å². The van der Waals surface area contributed by atoms with Crippen LogP contribution in [0.1, 0.15) is 5.56 Å². The minimum Gasteiger partial charge on any atom is -0.369 e. The van der Waals surface area contributed by atoms with E-state index in [-0.39, 0.29) is 16.8 Å². The van der Waals surface area contributed by atoms with E-state index in [0.717, 1.165) is 6.07 Å². The number of hydrogen-bond acceptors (Lipinski definition) is 2. The lowest BCUT2D eigenvalue weighted by molar-refractivity contribution is -0.136. The zero-order valence-electron chi connectivity index (χ0n) is 8.95. The van der Waals surface area contributed by atoms with Gasteiger partial charge in [-0.2, -0.15) is 13.2 Å². The van der Waals surface area contributed by atoms with Crippen LogP contribution in [0.3, 0.4) is 0 Å². The maximum absolute atomic E-state index is 12.6. The average Bonchev–Trinajstić information content (AvgIpc) is 2.25. The van der Waals surface area contributed by atoms with Crippen LogP contribution in [-0.2, 0) is 6.18 Å². The maximum Gasteiger partial charge on any atom is 0.418 e. The largest absolute Gasteiger partial charge is 0.418 e. The highest BCUT2D eigenvalue weighted by atomic mass is 32.1. The third-order valence-electron chi connectivity index (χ3n) is 1.77. The van der Waals surface area contributed by atoms with Crippen molar-refractivity contribution in [3.8, 4) is 0 Å². The van der Waals surface area contributed by atoms with E-state index in [1.54, 1.807) is 0 Å². The molecule has 0 saturated carbocycles. The van der Waals surface area contributed by atoms with Gasteiger partial charge in [-0.25, -0.2) is 0 Å². The Morgan fingerprint density at radius 2 is 1.83 bits per heavy atom. The molecule has 6 N–H and O–H groups in total. The number of nitrogens with one attached hydrogen (secondary N) is 2. The Morgan fingerprint density at radius 3 is 2.39 bits per heavy atom. The lowest BCUT2D eigenvalue weighted by Gasteiger charge is -2.14. The van der Waals surface area contributed by atoms with Crippen LogP contribution in [-0.4, -0.2) is 11.1 Å². The third kappa shape index (κ3) is 4.09. The maximum atomic E-state index is 12.6. The number of benzene rings is 1. The highest BCUT2D eigenvalue weighted by molar-refractivity contribution is 7.80. The van der Waals surface area contributed by atoms with Crippen LogP contribution in [0.4, 0.5) is 18.9 Å². The van der Waals surface area contributed by atoms with Gasteiger partial charge in [0.1, 0.15) is 0 Å². The number of hydrazone groups is 1. The van der Waals surface area contributed by atoms with Gasteiger partial charge in [0.15, 0.2) is 5.11 Å². The summed E-state index contributed by atoms with van der Waals surface area (Å²) in [6, 6.07) is 4.90. The Labute approximate surface area is 106 Å². The molecule has 0 amide bonds. The number of rotatable bonds is 2. The Bertz CT molecular complexity index is 468. The first-order valence-electron chi connectivity index (χ1n) is 4.62. The van der Waals surface area contributed by atoms with Gasteiger partial charge in [0.2, 0.25) is 5.96 Å². The summed E-state index contributed by atoms with van der Waals surface area (Å²) < 4.78 is 37.9. The van der Waals surface area contributed by atoms with Crippen molar-refractivity contribution in [2.24, 2.45) is 16.6 Å². The number of nitrogens with zero attached hydrogens (tertiary/aromatic N) is 1. The first kappa shape index (κ1) is 14.0. The van der Waals surface area contributed by atoms with Gasteiger partial charge in [0.25, 0.3) is 0 Å². The van der Waals surface area contributed by atoms with E-state index in [1.807, 2.05) is 0 Å². The number of para-hydroxylation sites is 1. The fourth-order valence-corrected chi connectivity index (χ4v) is 1.26. The topological polar surface area (TPSA) is 88.5 Å². The van der Waals surface area contributed by atoms with E-state index in [4.69, 9.17) is 23.7 Å². The van der Waals surface area contributed by atoms with E-state index in [9.17, 15) is 13.2 Å². The Kier molecular flexibility index (Phi) is 4.32. The molecule has 0 spiro atoms. The van der Waals surface area contributed by atoms with Crippen molar-refractivity contribution in [2.75, 3.05) is 5.32 Å². The number of thiocarbonyl (C=S) groups is 1. The van der Waals surface area contributed by atoms with E-state index in [0.29, 0.717) is 0 Å². The second kappa shape index (κ2) is 5.54. The van der Waals surface area contributed by atoms with Gasteiger partial charge in [-0.1, -0.05) is 12.1 Å². The highest BCUT2D eigenvalue weighted by Crippen LogP contribution is 2.34. The second-order valence-corrected chi connectivity index (χ2v) is 3.55. The summed E-state index contributed by atoms with van der Waals surface area (Å²) in [5.74, 6) is -0.289. The molecular formula is C9H10F3N5S. The van der Waals surface area contributed by atoms with Crippen LogP contribution in [0, 0.1) is 0 Å². The molecule has 0 aliphatic heterocycles. The van der Waals surface area contributed by atoms with Crippen molar-refractivity contribution in [1.82, 2.24) is 5.43 Å². The molecular weight excluding hydrogens is 267 g/mol. The summed E-state index contributed by atoms with van der Waals surface area (Å²) in [5, 5.41) is 5.55. The highest BCUT2D eigenvalue weighted by Gasteiger charge is 2.33. The number of halogens is 3. The molecule has 1 aromatic rings. The molecule has 1 rings (SSSR count). The predicted octanol–water partition coefficient (Wildman–Crippen LogP) is 1.18. The van der Waals surface area contributed by atoms with Gasteiger partial charge < -0.3 is 16.8 Å². The van der Waals surface area contributed by atoms with Crippen LogP contribution in [0.5, 0.6) is 0 Å². The molecule has 0 fully saturated rings. The fourth-order valence-electron chi connectivity index (χ4n) is 1.10. The molecule has 98 valence electrons. The molecule has 5 nitrogen and oxygen atoms in total. The second-order valence-electron chi connectivity index (χ2n) is 3.15. The molecule has 0 atom stereocenters. The molecule has 0 unspecified atom stereocenters. The summed E-state index contributed by atoms with van der Waals surface area (Å²) >= 11 is 4.73. The number of nitrogens with two attached hydrogens (primary N) is 2. The Hall–Kier alpha value is -2.03. The van der Waals surface area contributed by atoms with E-state index in [2.05, 4.69) is 15.8 Å². The normalized spacial score (nSPS) is 10.6. The summed E-state index contributed by atoms with van der Waals surface area (Å²) in [5.41, 5.74) is 11.2. The molecule has 0 aromatic heterocycles. The monoisotopic (exact) mass is 277 g/mol. The van der Waals surface area contributed by atoms with Crippen LogP contribution < -0.4 is 22.2 Å². The Morgan fingerprint density at radius 1 is 1.22 bits per heavy atom. The third-order valence-corrected chi connectivity index (χ3v) is 1.96. The quantitative estimate of drug-likeness (QED) is 0.282.